The number of nitrogens with one attached hydrogen (secondary N) is 1. The first-order valence-electron chi connectivity index (χ1n) is 7.58. The van der Waals surface area contributed by atoms with Gasteiger partial charge in [0, 0.05) is 42.9 Å². The van der Waals surface area contributed by atoms with Crippen molar-refractivity contribution in [3.63, 3.8) is 0 Å². The van der Waals surface area contributed by atoms with Crippen molar-refractivity contribution in [1.29, 1.82) is 0 Å². The number of halogens is 1. The molecular formula is C17H15ClN2O3S. The molecule has 0 atom stereocenters. The third-order valence-electron chi connectivity index (χ3n) is 4.21. The Bertz CT molecular complexity index is 1060. The molecule has 0 radical (unpaired) electrons. The molecule has 3 aromatic rings. The number of furan rings is 1. The van der Waals surface area contributed by atoms with Crippen molar-refractivity contribution < 1.29 is 12.8 Å². The molecule has 1 N–H and O–H groups in total. The van der Waals surface area contributed by atoms with Crippen molar-refractivity contribution in [1.82, 2.24) is 10.3 Å². The van der Waals surface area contributed by atoms with Crippen molar-refractivity contribution in [2.24, 2.45) is 0 Å². The molecule has 2 aromatic heterocycles. The summed E-state index contributed by atoms with van der Waals surface area (Å²) in [7, 11) is -3.69. The van der Waals surface area contributed by atoms with Crippen molar-refractivity contribution >= 4 is 32.4 Å². The molecule has 0 aliphatic carbocycles. The lowest BCUT2D eigenvalue weighted by Crippen LogP contribution is -2.22. The van der Waals surface area contributed by atoms with Gasteiger partial charge >= 0.3 is 0 Å². The summed E-state index contributed by atoms with van der Waals surface area (Å²) in [6.45, 7) is 3.29. The Morgan fingerprint density at radius 1 is 1.21 bits per heavy atom. The molecule has 0 amide bonds. The maximum atomic E-state index is 12.9. The number of fused-ring (bicyclic) bond motifs is 3. The van der Waals surface area contributed by atoms with E-state index in [0.29, 0.717) is 17.2 Å². The Morgan fingerprint density at radius 3 is 2.83 bits per heavy atom. The summed E-state index contributed by atoms with van der Waals surface area (Å²) in [5, 5.41) is 4.33. The molecule has 0 saturated heterocycles. The third-order valence-corrected chi connectivity index (χ3v) is 6.19. The molecule has 0 bridgehead atoms. The van der Waals surface area contributed by atoms with Crippen molar-refractivity contribution in [2.45, 2.75) is 29.7 Å². The third kappa shape index (κ3) is 2.42. The first kappa shape index (κ1) is 15.6. The highest BCUT2D eigenvalue weighted by molar-refractivity contribution is 7.91. The Labute approximate surface area is 144 Å². The van der Waals surface area contributed by atoms with Crippen LogP contribution < -0.4 is 5.32 Å². The van der Waals surface area contributed by atoms with E-state index < -0.39 is 9.84 Å². The number of benzene rings is 1. The molecule has 1 aliphatic rings. The topological polar surface area (TPSA) is 72.2 Å². The standard InChI is InChI=1S/C17H15ClN2O3S/c1-10-4-12(8-20-7-10)24(21,22)11-5-13-14-9-19-3-2-16(14)23-17(13)15(18)6-11/h4-8,19H,2-3,9H2,1H3. The van der Waals surface area contributed by atoms with Gasteiger partial charge in [0.05, 0.1) is 14.8 Å². The minimum atomic E-state index is -3.69. The van der Waals surface area contributed by atoms with Gasteiger partial charge < -0.3 is 9.73 Å². The second-order valence-electron chi connectivity index (χ2n) is 5.91. The zero-order valence-corrected chi connectivity index (χ0v) is 14.5. The number of rotatable bonds is 2. The van der Waals surface area contributed by atoms with E-state index in [4.69, 9.17) is 16.0 Å². The zero-order chi connectivity index (χ0) is 16.9. The fourth-order valence-corrected chi connectivity index (χ4v) is 4.69. The molecule has 1 aromatic carbocycles. The van der Waals surface area contributed by atoms with Gasteiger partial charge in [0.15, 0.2) is 5.58 Å². The van der Waals surface area contributed by atoms with Gasteiger partial charge in [-0.25, -0.2) is 8.42 Å². The Balaban J connectivity index is 1.94. The second-order valence-corrected chi connectivity index (χ2v) is 8.27. The lowest BCUT2D eigenvalue weighted by Gasteiger charge is -2.11. The monoisotopic (exact) mass is 362 g/mol. The van der Waals surface area contributed by atoms with Crippen LogP contribution >= 0.6 is 11.6 Å². The zero-order valence-electron chi connectivity index (χ0n) is 13.0. The van der Waals surface area contributed by atoms with Crippen LogP contribution in [0.5, 0.6) is 0 Å². The quantitative estimate of drug-likeness (QED) is 0.757. The van der Waals surface area contributed by atoms with Crippen LogP contribution in [0.4, 0.5) is 0 Å². The first-order chi connectivity index (χ1) is 11.5. The lowest BCUT2D eigenvalue weighted by molar-refractivity contribution is 0.500. The molecule has 24 heavy (non-hydrogen) atoms. The van der Waals surface area contributed by atoms with E-state index in [2.05, 4.69) is 10.3 Å². The lowest BCUT2D eigenvalue weighted by atomic mass is 10.1. The number of sulfone groups is 1. The van der Waals surface area contributed by atoms with Crippen LogP contribution in [0.2, 0.25) is 5.02 Å². The maximum Gasteiger partial charge on any atom is 0.208 e. The largest absolute Gasteiger partial charge is 0.459 e. The van der Waals surface area contributed by atoms with Gasteiger partial charge in [-0.3, -0.25) is 4.98 Å². The van der Waals surface area contributed by atoms with Crippen LogP contribution in [0, 0.1) is 6.92 Å². The van der Waals surface area contributed by atoms with Gasteiger partial charge in [-0.15, -0.1) is 0 Å². The van der Waals surface area contributed by atoms with E-state index in [9.17, 15) is 8.42 Å². The summed E-state index contributed by atoms with van der Waals surface area (Å²) in [5.41, 5.74) is 2.32. The van der Waals surface area contributed by atoms with Gasteiger partial charge in [0.1, 0.15) is 5.76 Å². The molecule has 4 rings (SSSR count). The van der Waals surface area contributed by atoms with Crippen molar-refractivity contribution in [3.8, 4) is 0 Å². The molecule has 0 fully saturated rings. The van der Waals surface area contributed by atoms with Gasteiger partial charge in [-0.2, -0.15) is 0 Å². The van der Waals surface area contributed by atoms with E-state index >= 15 is 0 Å². The fourth-order valence-electron chi connectivity index (χ4n) is 3.01. The van der Waals surface area contributed by atoms with Crippen LogP contribution in [0.1, 0.15) is 16.9 Å². The Morgan fingerprint density at radius 2 is 2.04 bits per heavy atom. The highest BCUT2D eigenvalue weighted by Crippen LogP contribution is 2.36. The average molecular weight is 363 g/mol. The number of hydrogen-bond acceptors (Lipinski definition) is 5. The Kier molecular flexibility index (Phi) is 3.63. The summed E-state index contributed by atoms with van der Waals surface area (Å²) in [6.07, 6.45) is 3.74. The van der Waals surface area contributed by atoms with Gasteiger partial charge in [0.25, 0.3) is 0 Å². The van der Waals surface area contributed by atoms with Gasteiger partial charge in [-0.1, -0.05) is 11.6 Å². The van der Waals surface area contributed by atoms with Crippen LogP contribution in [-0.2, 0) is 22.8 Å². The second kappa shape index (κ2) is 5.58. The molecular weight excluding hydrogens is 348 g/mol. The summed E-state index contributed by atoms with van der Waals surface area (Å²) in [4.78, 5) is 4.30. The molecule has 3 heterocycles. The van der Waals surface area contributed by atoms with Crippen LogP contribution in [0.3, 0.4) is 0 Å². The summed E-state index contributed by atoms with van der Waals surface area (Å²) < 4.78 is 31.7. The van der Waals surface area contributed by atoms with E-state index in [1.807, 2.05) is 0 Å². The minimum Gasteiger partial charge on any atom is -0.459 e. The SMILES string of the molecule is Cc1cncc(S(=O)(=O)c2cc(Cl)c3oc4c(c3c2)CNCC4)c1. The normalized spacial score (nSPS) is 14.8. The molecule has 0 saturated carbocycles. The predicted octanol–water partition coefficient (Wildman–Crippen LogP) is 3.27. The minimum absolute atomic E-state index is 0.154. The highest BCUT2D eigenvalue weighted by atomic mass is 35.5. The summed E-state index contributed by atoms with van der Waals surface area (Å²) >= 11 is 6.31. The summed E-state index contributed by atoms with van der Waals surface area (Å²) in [6, 6.07) is 4.70. The molecule has 0 spiro atoms. The van der Waals surface area contributed by atoms with Crippen molar-refractivity contribution in [2.75, 3.05) is 6.54 Å². The molecule has 0 unspecified atom stereocenters. The van der Waals surface area contributed by atoms with E-state index in [1.54, 1.807) is 25.3 Å². The highest BCUT2D eigenvalue weighted by Gasteiger charge is 2.24. The average Bonchev–Trinajstić information content (AvgIpc) is 2.94. The molecule has 1 aliphatic heterocycles. The van der Waals surface area contributed by atoms with Crippen molar-refractivity contribution in [3.05, 3.63) is 52.5 Å². The Hall–Kier alpha value is -1.89. The fraction of sp³-hybridized carbons (Fsp3) is 0.235. The smallest absolute Gasteiger partial charge is 0.208 e. The van der Waals surface area contributed by atoms with Gasteiger partial charge in [-0.05, 0) is 30.7 Å². The van der Waals surface area contributed by atoms with E-state index in [-0.39, 0.29) is 9.79 Å². The van der Waals surface area contributed by atoms with Crippen LogP contribution in [-0.4, -0.2) is 19.9 Å². The van der Waals surface area contributed by atoms with Crippen LogP contribution in [0.15, 0.2) is 44.8 Å². The molecule has 124 valence electrons. The maximum absolute atomic E-state index is 12.9. The molecule has 5 nitrogen and oxygen atoms in total. The first-order valence-corrected chi connectivity index (χ1v) is 9.44. The van der Waals surface area contributed by atoms with E-state index in [0.717, 1.165) is 35.2 Å². The molecule has 7 heteroatoms. The summed E-state index contributed by atoms with van der Waals surface area (Å²) in [5.74, 6) is 0.873. The van der Waals surface area contributed by atoms with Gasteiger partial charge in [0.2, 0.25) is 9.84 Å². The van der Waals surface area contributed by atoms with Crippen LogP contribution in [0.25, 0.3) is 11.0 Å². The number of hydrogen-bond donors (Lipinski definition) is 1. The number of nitrogens with zero attached hydrogens (tertiary/aromatic N) is 1. The predicted molar refractivity (Wildman–Crippen MR) is 91.1 cm³/mol. The van der Waals surface area contributed by atoms with E-state index in [1.165, 1.54) is 12.3 Å². The number of aryl methyl sites for hydroxylation is 1. The number of aromatic nitrogens is 1. The number of pyridine rings is 1.